The molecule has 0 spiro atoms. The molecule has 10 heteroatoms. The first-order valence-corrected chi connectivity index (χ1v) is 9.77. The molecule has 3 rings (SSSR count). The van der Waals surface area contributed by atoms with Crippen LogP contribution in [0.15, 0.2) is 52.9 Å². The van der Waals surface area contributed by atoms with E-state index in [-0.39, 0.29) is 17.0 Å². The van der Waals surface area contributed by atoms with Crippen molar-refractivity contribution in [3.63, 3.8) is 0 Å². The van der Waals surface area contributed by atoms with Crippen LogP contribution >= 0.6 is 34.5 Å². The molecule has 2 aromatic carbocycles. The number of aromatic hydroxyl groups is 1. The monoisotopic (exact) mass is 449 g/mol. The van der Waals surface area contributed by atoms with E-state index in [9.17, 15) is 20.0 Å². The molecule has 0 bridgehead atoms. The summed E-state index contributed by atoms with van der Waals surface area (Å²) >= 11 is 13.2. The summed E-state index contributed by atoms with van der Waals surface area (Å²) in [6.07, 6.45) is 0. The lowest BCUT2D eigenvalue weighted by Crippen LogP contribution is -2.19. The third-order valence-corrected chi connectivity index (χ3v) is 5.74. The minimum atomic E-state index is -0.604. The van der Waals surface area contributed by atoms with Crippen molar-refractivity contribution in [1.82, 2.24) is 5.43 Å². The molecule has 0 radical (unpaired) electrons. The Labute approximate surface area is 179 Å². The van der Waals surface area contributed by atoms with Crippen LogP contribution in [-0.2, 0) is 0 Å². The number of benzene rings is 2. The van der Waals surface area contributed by atoms with E-state index >= 15 is 0 Å². The number of carbonyl (C=O) groups is 1. The minimum absolute atomic E-state index is 0.000706. The molecule has 1 amide bonds. The Hall–Kier alpha value is -2.94. The molecule has 0 aliphatic heterocycles. The van der Waals surface area contributed by atoms with Gasteiger partial charge in [-0.1, -0.05) is 35.3 Å². The van der Waals surface area contributed by atoms with Crippen molar-refractivity contribution < 1.29 is 14.8 Å². The maximum Gasteiger partial charge on any atom is 0.271 e. The molecule has 3 aromatic rings. The number of nitro benzene ring substituents is 1. The van der Waals surface area contributed by atoms with Crippen molar-refractivity contribution in [2.24, 2.45) is 5.10 Å². The van der Waals surface area contributed by atoms with Crippen LogP contribution in [0.5, 0.6) is 5.75 Å². The molecule has 148 valence electrons. The highest BCUT2D eigenvalue weighted by Gasteiger charge is 2.16. The van der Waals surface area contributed by atoms with Gasteiger partial charge < -0.3 is 5.11 Å². The SMILES string of the molecule is CC(=NNC(=O)c1cccc([N+](=O)[O-])c1)c1csc(-c2ccc(Cl)c(Cl)c2)c1O. The van der Waals surface area contributed by atoms with Crippen LogP contribution in [0.4, 0.5) is 5.69 Å². The normalized spacial score (nSPS) is 11.3. The van der Waals surface area contributed by atoms with Gasteiger partial charge in [0.15, 0.2) is 0 Å². The number of thiophene rings is 1. The van der Waals surface area contributed by atoms with E-state index in [1.54, 1.807) is 30.5 Å². The van der Waals surface area contributed by atoms with Crippen molar-refractivity contribution in [3.05, 3.63) is 79.1 Å². The van der Waals surface area contributed by atoms with Gasteiger partial charge in [-0.3, -0.25) is 14.9 Å². The third-order valence-electron chi connectivity index (χ3n) is 3.98. The van der Waals surface area contributed by atoms with E-state index in [0.717, 1.165) is 6.07 Å². The molecule has 0 atom stereocenters. The average molecular weight is 450 g/mol. The number of hydrazone groups is 1. The molecule has 29 heavy (non-hydrogen) atoms. The molecular formula is C19H13Cl2N3O4S. The van der Waals surface area contributed by atoms with Crippen LogP contribution in [-0.4, -0.2) is 21.6 Å². The summed E-state index contributed by atoms with van der Waals surface area (Å²) in [6.45, 7) is 1.62. The fraction of sp³-hybridized carbons (Fsp3) is 0.0526. The highest BCUT2D eigenvalue weighted by Crippen LogP contribution is 2.40. The second kappa shape index (κ2) is 8.60. The highest BCUT2D eigenvalue weighted by molar-refractivity contribution is 7.14. The zero-order valence-electron chi connectivity index (χ0n) is 14.8. The summed E-state index contributed by atoms with van der Waals surface area (Å²) in [5.74, 6) is -0.605. The van der Waals surface area contributed by atoms with Gasteiger partial charge in [-0.05, 0) is 30.7 Å². The highest BCUT2D eigenvalue weighted by atomic mass is 35.5. The third kappa shape index (κ3) is 4.56. The van der Waals surface area contributed by atoms with Gasteiger partial charge in [0.2, 0.25) is 0 Å². The van der Waals surface area contributed by atoms with Crippen molar-refractivity contribution in [3.8, 4) is 16.2 Å². The van der Waals surface area contributed by atoms with E-state index in [4.69, 9.17) is 23.2 Å². The summed E-state index contributed by atoms with van der Waals surface area (Å²) in [7, 11) is 0. The predicted octanol–water partition coefficient (Wildman–Crippen LogP) is 5.49. The second-order valence-electron chi connectivity index (χ2n) is 5.90. The Morgan fingerprint density at radius 3 is 2.66 bits per heavy atom. The van der Waals surface area contributed by atoms with Gasteiger partial charge in [0.1, 0.15) is 5.75 Å². The lowest BCUT2D eigenvalue weighted by atomic mass is 10.1. The fourth-order valence-electron chi connectivity index (χ4n) is 2.47. The van der Waals surface area contributed by atoms with Crippen LogP contribution in [0.2, 0.25) is 10.0 Å². The standard InChI is InChI=1S/C19H13Cl2N3O4S/c1-10(22-23-19(26)12-3-2-4-13(7-12)24(27)28)14-9-29-18(17(14)25)11-5-6-15(20)16(21)8-11/h2-9,25H,1H3,(H,23,26). The number of hydrogen-bond acceptors (Lipinski definition) is 6. The topological polar surface area (TPSA) is 105 Å². The zero-order valence-corrected chi connectivity index (χ0v) is 17.2. The van der Waals surface area contributed by atoms with E-state index in [1.165, 1.54) is 29.5 Å². The van der Waals surface area contributed by atoms with Gasteiger partial charge >= 0.3 is 0 Å². The Kier molecular flexibility index (Phi) is 6.17. The molecule has 1 aromatic heterocycles. The second-order valence-corrected chi connectivity index (χ2v) is 7.60. The number of amides is 1. The molecule has 0 aliphatic rings. The van der Waals surface area contributed by atoms with Crippen molar-refractivity contribution in [2.45, 2.75) is 6.92 Å². The summed E-state index contributed by atoms with van der Waals surface area (Å²) in [4.78, 5) is 23.0. The Morgan fingerprint density at radius 1 is 1.21 bits per heavy atom. The van der Waals surface area contributed by atoms with Crippen LogP contribution in [0.25, 0.3) is 10.4 Å². The largest absolute Gasteiger partial charge is 0.506 e. The quantitative estimate of drug-likeness (QED) is 0.305. The van der Waals surface area contributed by atoms with Crippen molar-refractivity contribution >= 4 is 51.8 Å². The molecule has 0 saturated carbocycles. The number of nitrogens with zero attached hydrogens (tertiary/aromatic N) is 2. The Bertz CT molecular complexity index is 1140. The van der Waals surface area contributed by atoms with Gasteiger partial charge in [0.25, 0.3) is 11.6 Å². The first kappa shape index (κ1) is 20.8. The summed E-state index contributed by atoms with van der Waals surface area (Å²) in [6, 6.07) is 10.3. The lowest BCUT2D eigenvalue weighted by molar-refractivity contribution is -0.384. The molecule has 2 N–H and O–H groups in total. The first-order chi connectivity index (χ1) is 13.8. The van der Waals surface area contributed by atoms with Crippen molar-refractivity contribution in [1.29, 1.82) is 0 Å². The van der Waals surface area contributed by atoms with Gasteiger partial charge in [-0.25, -0.2) is 5.43 Å². The number of rotatable bonds is 5. The van der Waals surface area contributed by atoms with Gasteiger partial charge in [-0.2, -0.15) is 5.10 Å². The number of nitro groups is 1. The van der Waals surface area contributed by atoms with Crippen LogP contribution in [0.3, 0.4) is 0 Å². The molecule has 0 saturated heterocycles. The molecule has 0 unspecified atom stereocenters. The van der Waals surface area contributed by atoms with E-state index < -0.39 is 10.8 Å². The lowest BCUT2D eigenvalue weighted by Gasteiger charge is -2.04. The maximum absolute atomic E-state index is 12.2. The van der Waals surface area contributed by atoms with E-state index in [0.29, 0.717) is 31.8 Å². The maximum atomic E-state index is 12.2. The number of non-ortho nitro benzene ring substituents is 1. The smallest absolute Gasteiger partial charge is 0.271 e. The summed E-state index contributed by atoms with van der Waals surface area (Å²) in [5, 5.41) is 27.9. The average Bonchev–Trinajstić information content (AvgIpc) is 3.09. The Morgan fingerprint density at radius 2 is 1.97 bits per heavy atom. The van der Waals surface area contributed by atoms with Gasteiger partial charge in [-0.15, -0.1) is 11.3 Å². The number of nitrogens with one attached hydrogen (secondary N) is 1. The Balaban J connectivity index is 1.81. The number of halogens is 2. The first-order valence-electron chi connectivity index (χ1n) is 8.13. The van der Waals surface area contributed by atoms with Gasteiger partial charge in [0.05, 0.1) is 31.1 Å². The molecule has 0 aliphatic carbocycles. The fourth-order valence-corrected chi connectivity index (χ4v) is 3.77. The van der Waals surface area contributed by atoms with Gasteiger partial charge in [0, 0.05) is 23.1 Å². The summed E-state index contributed by atoms with van der Waals surface area (Å²) in [5.41, 5.74) is 3.74. The van der Waals surface area contributed by atoms with E-state index in [2.05, 4.69) is 10.5 Å². The summed E-state index contributed by atoms with van der Waals surface area (Å²) < 4.78 is 0. The van der Waals surface area contributed by atoms with Crippen LogP contribution < -0.4 is 5.43 Å². The number of hydrogen-bond donors (Lipinski definition) is 2. The van der Waals surface area contributed by atoms with Crippen LogP contribution in [0, 0.1) is 10.1 Å². The van der Waals surface area contributed by atoms with E-state index in [1.807, 2.05) is 0 Å². The minimum Gasteiger partial charge on any atom is -0.506 e. The van der Waals surface area contributed by atoms with Crippen LogP contribution in [0.1, 0.15) is 22.8 Å². The zero-order chi connectivity index (χ0) is 21.1. The van der Waals surface area contributed by atoms with Crippen molar-refractivity contribution in [2.75, 3.05) is 0 Å². The number of carbonyl (C=O) groups excluding carboxylic acids is 1. The molecule has 7 nitrogen and oxygen atoms in total. The molecule has 1 heterocycles. The molecule has 0 fully saturated rings. The predicted molar refractivity (Wildman–Crippen MR) is 114 cm³/mol. The molecular weight excluding hydrogens is 437 g/mol.